The third-order valence-electron chi connectivity index (χ3n) is 4.38. The molecule has 0 bridgehead atoms. The quantitative estimate of drug-likeness (QED) is 0.679. The van der Waals surface area contributed by atoms with Crippen LogP contribution in [0.4, 0.5) is 0 Å². The lowest BCUT2D eigenvalue weighted by Crippen LogP contribution is -2.30. The molecule has 0 aliphatic heterocycles. The van der Waals surface area contributed by atoms with Crippen LogP contribution in [0.1, 0.15) is 36.4 Å². The average molecular weight is 338 g/mol. The van der Waals surface area contributed by atoms with Crippen molar-refractivity contribution in [2.45, 2.75) is 46.8 Å². The van der Waals surface area contributed by atoms with Crippen LogP contribution in [0.2, 0.25) is 0 Å². The van der Waals surface area contributed by atoms with E-state index >= 15 is 0 Å². The molecule has 0 amide bonds. The van der Waals surface area contributed by atoms with E-state index in [9.17, 15) is 0 Å². The zero-order valence-corrected chi connectivity index (χ0v) is 15.7. The maximum atomic E-state index is 5.94. The number of hydrogen-bond acceptors (Lipinski definition) is 4. The van der Waals surface area contributed by atoms with Gasteiger partial charge in [0.15, 0.2) is 0 Å². The predicted octanol–water partition coefficient (Wildman–Crippen LogP) is 4.10. The van der Waals surface area contributed by atoms with Crippen molar-refractivity contribution < 1.29 is 4.42 Å². The van der Waals surface area contributed by atoms with Gasteiger partial charge in [0.05, 0.1) is 11.9 Å². The maximum absolute atomic E-state index is 5.94. The fourth-order valence-electron chi connectivity index (χ4n) is 2.88. The first-order valence-electron chi connectivity index (χ1n) is 8.67. The molecule has 0 atom stereocenters. The van der Waals surface area contributed by atoms with Crippen molar-refractivity contribution in [2.75, 3.05) is 0 Å². The smallest absolute Gasteiger partial charge is 0.226 e. The van der Waals surface area contributed by atoms with Crippen LogP contribution in [-0.2, 0) is 20.1 Å². The van der Waals surface area contributed by atoms with Crippen LogP contribution in [0.25, 0.3) is 11.5 Å². The van der Waals surface area contributed by atoms with Gasteiger partial charge >= 0.3 is 0 Å². The molecule has 0 spiro atoms. The van der Waals surface area contributed by atoms with Gasteiger partial charge in [-0.05, 0) is 39.8 Å². The molecule has 3 aromatic rings. The van der Waals surface area contributed by atoms with Gasteiger partial charge in [0, 0.05) is 43.5 Å². The first-order chi connectivity index (χ1) is 11.9. The molecule has 0 radical (unpaired) electrons. The standard InChI is InChI=1S/C20H26N4O/c1-14(2)24(12-17-10-21-23(5)11-17)13-19-16(4)25-20(22-19)18-8-6-7-15(3)9-18/h6-11,14H,12-13H2,1-5H3. The van der Waals surface area contributed by atoms with E-state index in [0.29, 0.717) is 11.9 Å². The Kier molecular flexibility index (Phi) is 5.04. The lowest BCUT2D eigenvalue weighted by molar-refractivity contribution is 0.200. The van der Waals surface area contributed by atoms with Crippen LogP contribution in [0.15, 0.2) is 41.1 Å². The fraction of sp³-hybridized carbons (Fsp3) is 0.400. The number of hydrogen-bond donors (Lipinski definition) is 0. The summed E-state index contributed by atoms with van der Waals surface area (Å²) in [6.45, 7) is 10.1. The van der Waals surface area contributed by atoms with Crippen molar-refractivity contribution in [3.8, 4) is 11.5 Å². The Labute approximate surface area is 149 Å². The molecule has 5 nitrogen and oxygen atoms in total. The molecule has 132 valence electrons. The number of aryl methyl sites for hydroxylation is 3. The second kappa shape index (κ2) is 7.23. The van der Waals surface area contributed by atoms with E-state index in [-0.39, 0.29) is 0 Å². The van der Waals surface area contributed by atoms with Gasteiger partial charge in [-0.2, -0.15) is 5.10 Å². The van der Waals surface area contributed by atoms with Gasteiger partial charge in [-0.1, -0.05) is 17.7 Å². The van der Waals surface area contributed by atoms with Gasteiger partial charge in [-0.15, -0.1) is 0 Å². The van der Waals surface area contributed by atoms with Crippen molar-refractivity contribution in [1.82, 2.24) is 19.7 Å². The number of rotatable bonds is 6. The van der Waals surface area contributed by atoms with Crippen molar-refractivity contribution >= 4 is 0 Å². The van der Waals surface area contributed by atoms with Crippen LogP contribution in [0, 0.1) is 13.8 Å². The molecule has 1 aromatic carbocycles. The monoisotopic (exact) mass is 338 g/mol. The van der Waals surface area contributed by atoms with Crippen molar-refractivity contribution in [3.05, 3.63) is 59.2 Å². The van der Waals surface area contributed by atoms with Crippen molar-refractivity contribution in [3.63, 3.8) is 0 Å². The summed E-state index contributed by atoms with van der Waals surface area (Å²) in [6, 6.07) is 8.66. The van der Waals surface area contributed by atoms with Crippen LogP contribution in [0.5, 0.6) is 0 Å². The molecule has 0 aliphatic rings. The first-order valence-corrected chi connectivity index (χ1v) is 8.67. The molecular formula is C20H26N4O. The second-order valence-electron chi connectivity index (χ2n) is 6.91. The lowest BCUT2D eigenvalue weighted by atomic mass is 10.1. The third kappa shape index (κ3) is 4.17. The Morgan fingerprint density at radius 2 is 2.00 bits per heavy atom. The minimum Gasteiger partial charge on any atom is -0.441 e. The lowest BCUT2D eigenvalue weighted by Gasteiger charge is -2.25. The number of oxazole rings is 1. The minimum absolute atomic E-state index is 0.402. The predicted molar refractivity (Wildman–Crippen MR) is 99.0 cm³/mol. The highest BCUT2D eigenvalue weighted by Gasteiger charge is 2.18. The molecule has 0 saturated heterocycles. The fourth-order valence-corrected chi connectivity index (χ4v) is 2.88. The molecule has 0 saturated carbocycles. The topological polar surface area (TPSA) is 47.1 Å². The number of aromatic nitrogens is 3. The summed E-state index contributed by atoms with van der Waals surface area (Å²) in [5.41, 5.74) is 4.43. The second-order valence-corrected chi connectivity index (χ2v) is 6.91. The number of nitrogens with zero attached hydrogens (tertiary/aromatic N) is 4. The van der Waals surface area contributed by atoms with Gasteiger partial charge in [-0.25, -0.2) is 4.98 Å². The molecule has 2 aromatic heterocycles. The average Bonchev–Trinajstić information content (AvgIpc) is 3.13. The summed E-state index contributed by atoms with van der Waals surface area (Å²) in [5.74, 6) is 1.58. The summed E-state index contributed by atoms with van der Waals surface area (Å²) in [5, 5.41) is 4.26. The highest BCUT2D eigenvalue weighted by atomic mass is 16.4. The summed E-state index contributed by atoms with van der Waals surface area (Å²) in [6.07, 6.45) is 3.98. The molecular weight excluding hydrogens is 312 g/mol. The Hall–Kier alpha value is -2.40. The molecule has 5 heteroatoms. The SMILES string of the molecule is Cc1cccc(-c2nc(CN(Cc3cnn(C)c3)C(C)C)c(C)o2)c1. The summed E-state index contributed by atoms with van der Waals surface area (Å²) < 4.78 is 7.77. The minimum atomic E-state index is 0.402. The van der Waals surface area contributed by atoms with Crippen LogP contribution in [0.3, 0.4) is 0 Å². The molecule has 2 heterocycles. The molecule has 0 N–H and O–H groups in total. The molecule has 3 rings (SSSR count). The maximum Gasteiger partial charge on any atom is 0.226 e. The Morgan fingerprint density at radius 1 is 1.20 bits per heavy atom. The normalized spacial score (nSPS) is 11.6. The summed E-state index contributed by atoms with van der Waals surface area (Å²) in [7, 11) is 1.94. The Morgan fingerprint density at radius 3 is 2.64 bits per heavy atom. The number of benzene rings is 1. The van der Waals surface area contributed by atoms with Gasteiger partial charge in [0.1, 0.15) is 5.76 Å². The van der Waals surface area contributed by atoms with Gasteiger partial charge in [0.2, 0.25) is 5.89 Å². The van der Waals surface area contributed by atoms with E-state index in [1.807, 2.05) is 37.0 Å². The van der Waals surface area contributed by atoms with Gasteiger partial charge in [-0.3, -0.25) is 9.58 Å². The summed E-state index contributed by atoms with van der Waals surface area (Å²) >= 11 is 0. The molecule has 25 heavy (non-hydrogen) atoms. The Balaban J connectivity index is 1.80. The van der Waals surface area contributed by atoms with E-state index in [1.165, 1.54) is 11.1 Å². The van der Waals surface area contributed by atoms with E-state index in [0.717, 1.165) is 30.1 Å². The zero-order valence-electron chi connectivity index (χ0n) is 15.7. The first kappa shape index (κ1) is 17.4. The van der Waals surface area contributed by atoms with Crippen LogP contribution < -0.4 is 0 Å². The van der Waals surface area contributed by atoms with E-state index in [1.54, 1.807) is 0 Å². The van der Waals surface area contributed by atoms with E-state index < -0.39 is 0 Å². The molecule has 0 aliphatic carbocycles. The highest BCUT2D eigenvalue weighted by Crippen LogP contribution is 2.24. The Bertz CT molecular complexity index is 847. The van der Waals surface area contributed by atoms with Gasteiger partial charge < -0.3 is 4.42 Å². The van der Waals surface area contributed by atoms with E-state index in [4.69, 9.17) is 9.40 Å². The van der Waals surface area contributed by atoms with Crippen molar-refractivity contribution in [2.24, 2.45) is 7.05 Å². The van der Waals surface area contributed by atoms with Crippen LogP contribution in [-0.4, -0.2) is 25.7 Å². The van der Waals surface area contributed by atoms with Crippen LogP contribution >= 0.6 is 0 Å². The molecule has 0 unspecified atom stereocenters. The summed E-state index contributed by atoms with van der Waals surface area (Å²) in [4.78, 5) is 7.14. The zero-order chi connectivity index (χ0) is 18.0. The highest BCUT2D eigenvalue weighted by molar-refractivity contribution is 5.54. The van der Waals surface area contributed by atoms with Crippen molar-refractivity contribution in [1.29, 1.82) is 0 Å². The van der Waals surface area contributed by atoms with E-state index in [2.05, 4.69) is 49.1 Å². The third-order valence-corrected chi connectivity index (χ3v) is 4.38. The molecule has 0 fully saturated rings. The van der Waals surface area contributed by atoms with Gasteiger partial charge in [0.25, 0.3) is 0 Å². The largest absolute Gasteiger partial charge is 0.441 e.